The fourth-order valence-corrected chi connectivity index (χ4v) is 3.10. The fourth-order valence-electron chi connectivity index (χ4n) is 3.10. The van der Waals surface area contributed by atoms with Gasteiger partial charge < -0.3 is 20.1 Å². The number of benzene rings is 1. The molecule has 2 N–H and O–H groups in total. The maximum absolute atomic E-state index is 12.3. The molecule has 0 spiro atoms. The number of ether oxygens (including phenoxy) is 2. The van der Waals surface area contributed by atoms with Crippen molar-refractivity contribution in [3.8, 4) is 5.75 Å². The summed E-state index contributed by atoms with van der Waals surface area (Å²) in [6.45, 7) is 7.44. The number of carbonyl (C=O) groups is 1. The van der Waals surface area contributed by atoms with Crippen LogP contribution in [0.15, 0.2) is 36.7 Å². The smallest absolute Gasteiger partial charge is 0.319 e. The number of amides is 2. The number of hydrogen-bond donors (Lipinski definition) is 2. The Morgan fingerprint density at radius 2 is 2.26 bits per heavy atom. The molecule has 2 aromatic rings. The van der Waals surface area contributed by atoms with Gasteiger partial charge in [-0.15, -0.1) is 0 Å². The van der Waals surface area contributed by atoms with E-state index in [4.69, 9.17) is 9.47 Å². The van der Waals surface area contributed by atoms with Gasteiger partial charge in [0.1, 0.15) is 5.75 Å². The van der Waals surface area contributed by atoms with Crippen LogP contribution in [0.5, 0.6) is 5.75 Å². The molecule has 1 aliphatic heterocycles. The van der Waals surface area contributed by atoms with Crippen molar-refractivity contribution in [1.82, 2.24) is 15.1 Å². The molecule has 1 fully saturated rings. The van der Waals surface area contributed by atoms with Crippen LogP contribution >= 0.6 is 0 Å². The van der Waals surface area contributed by atoms with Gasteiger partial charge in [0, 0.05) is 12.8 Å². The lowest BCUT2D eigenvalue weighted by Gasteiger charge is -2.16. The molecule has 0 saturated carbocycles. The molecule has 1 aromatic heterocycles. The zero-order valence-corrected chi connectivity index (χ0v) is 16.1. The minimum Gasteiger partial charge on any atom is -0.491 e. The molecular weight excluding hydrogens is 344 g/mol. The SMILES string of the molecule is CC(C)Oc1cccc(C(C)NC(=O)Nc2cnn(CC3CCCO3)c2)c1. The van der Waals surface area contributed by atoms with Crippen LogP contribution in [-0.4, -0.2) is 34.6 Å². The van der Waals surface area contributed by atoms with Gasteiger partial charge in [-0.3, -0.25) is 4.68 Å². The third-order valence-corrected chi connectivity index (χ3v) is 4.38. The molecule has 0 aliphatic carbocycles. The van der Waals surface area contributed by atoms with E-state index in [-0.39, 0.29) is 24.3 Å². The minimum absolute atomic E-state index is 0.109. The lowest BCUT2D eigenvalue weighted by atomic mass is 10.1. The molecule has 0 radical (unpaired) electrons. The van der Waals surface area contributed by atoms with Gasteiger partial charge in [-0.2, -0.15) is 5.10 Å². The van der Waals surface area contributed by atoms with Crippen molar-refractivity contribution in [2.75, 3.05) is 11.9 Å². The van der Waals surface area contributed by atoms with Gasteiger partial charge >= 0.3 is 6.03 Å². The maximum Gasteiger partial charge on any atom is 0.319 e. The highest BCUT2D eigenvalue weighted by molar-refractivity contribution is 5.89. The van der Waals surface area contributed by atoms with E-state index < -0.39 is 0 Å². The van der Waals surface area contributed by atoms with Crippen molar-refractivity contribution >= 4 is 11.7 Å². The number of anilines is 1. The third kappa shape index (κ3) is 5.72. The molecule has 1 saturated heterocycles. The van der Waals surface area contributed by atoms with Crippen molar-refractivity contribution in [3.05, 3.63) is 42.2 Å². The Bertz CT molecular complexity index is 753. The molecule has 2 unspecified atom stereocenters. The van der Waals surface area contributed by atoms with Crippen LogP contribution < -0.4 is 15.4 Å². The number of nitrogens with one attached hydrogen (secondary N) is 2. The molecule has 3 rings (SSSR count). The summed E-state index contributed by atoms with van der Waals surface area (Å²) in [7, 11) is 0. The summed E-state index contributed by atoms with van der Waals surface area (Å²) in [5, 5.41) is 10.1. The average molecular weight is 372 g/mol. The average Bonchev–Trinajstić information content (AvgIpc) is 3.27. The molecule has 146 valence electrons. The largest absolute Gasteiger partial charge is 0.491 e. The van der Waals surface area contributed by atoms with Crippen molar-refractivity contribution in [2.24, 2.45) is 0 Å². The molecule has 27 heavy (non-hydrogen) atoms. The van der Waals surface area contributed by atoms with Crippen LogP contribution in [0.4, 0.5) is 10.5 Å². The highest BCUT2D eigenvalue weighted by atomic mass is 16.5. The Hall–Kier alpha value is -2.54. The van der Waals surface area contributed by atoms with Crippen LogP contribution in [0.2, 0.25) is 0 Å². The predicted octanol–water partition coefficient (Wildman–Crippen LogP) is 3.73. The first-order valence-electron chi connectivity index (χ1n) is 9.48. The molecule has 2 atom stereocenters. The lowest BCUT2D eigenvalue weighted by Crippen LogP contribution is -2.31. The summed E-state index contributed by atoms with van der Waals surface area (Å²) >= 11 is 0. The first kappa shape index (κ1) is 19.2. The second kappa shape index (κ2) is 8.90. The molecule has 7 nitrogen and oxygen atoms in total. The maximum atomic E-state index is 12.3. The van der Waals surface area contributed by atoms with Crippen molar-refractivity contribution in [3.63, 3.8) is 0 Å². The lowest BCUT2D eigenvalue weighted by molar-refractivity contribution is 0.0940. The van der Waals surface area contributed by atoms with Crippen molar-refractivity contribution in [2.45, 2.75) is 58.4 Å². The van der Waals surface area contributed by atoms with Gasteiger partial charge in [-0.05, 0) is 51.3 Å². The Morgan fingerprint density at radius 3 is 3.00 bits per heavy atom. The number of aromatic nitrogens is 2. The molecular formula is C20H28N4O3. The fraction of sp³-hybridized carbons (Fsp3) is 0.500. The Kier molecular flexibility index (Phi) is 6.34. The normalized spacial score (nSPS) is 17.7. The summed E-state index contributed by atoms with van der Waals surface area (Å²) in [6.07, 6.45) is 5.95. The topological polar surface area (TPSA) is 77.4 Å². The van der Waals surface area contributed by atoms with E-state index in [0.717, 1.165) is 30.8 Å². The van der Waals surface area contributed by atoms with Crippen molar-refractivity contribution in [1.29, 1.82) is 0 Å². The first-order chi connectivity index (χ1) is 13.0. The van der Waals surface area contributed by atoms with Crippen LogP contribution in [-0.2, 0) is 11.3 Å². The monoisotopic (exact) mass is 372 g/mol. The summed E-state index contributed by atoms with van der Waals surface area (Å²) in [5.74, 6) is 0.798. The molecule has 7 heteroatoms. The third-order valence-electron chi connectivity index (χ3n) is 4.38. The van der Waals surface area contributed by atoms with Crippen molar-refractivity contribution < 1.29 is 14.3 Å². The van der Waals surface area contributed by atoms with Gasteiger partial charge in [0.25, 0.3) is 0 Å². The van der Waals surface area contributed by atoms with E-state index in [1.165, 1.54) is 0 Å². The Morgan fingerprint density at radius 1 is 1.41 bits per heavy atom. The van der Waals surface area contributed by atoms with Gasteiger partial charge in [0.2, 0.25) is 0 Å². The number of carbonyl (C=O) groups excluding carboxylic acids is 1. The zero-order valence-electron chi connectivity index (χ0n) is 16.1. The highest BCUT2D eigenvalue weighted by Crippen LogP contribution is 2.20. The molecule has 0 bridgehead atoms. The van der Waals surface area contributed by atoms with Gasteiger partial charge in [0.15, 0.2) is 0 Å². The minimum atomic E-state index is -0.269. The zero-order chi connectivity index (χ0) is 19.2. The molecule has 1 aromatic carbocycles. The second-order valence-corrected chi connectivity index (χ2v) is 7.15. The van der Waals surface area contributed by atoms with E-state index in [9.17, 15) is 4.79 Å². The highest BCUT2D eigenvalue weighted by Gasteiger charge is 2.17. The van der Waals surface area contributed by atoms with Crippen LogP contribution in [0, 0.1) is 0 Å². The summed E-state index contributed by atoms with van der Waals surface area (Å²) in [5.41, 5.74) is 1.65. The van der Waals surface area contributed by atoms with Gasteiger partial charge in [-0.25, -0.2) is 4.79 Å². The standard InChI is InChI=1S/C20H28N4O3/c1-14(2)27-18-7-4-6-16(10-18)15(3)22-20(25)23-17-11-21-24(12-17)13-19-8-5-9-26-19/h4,6-7,10-12,14-15,19H,5,8-9,13H2,1-3H3,(H2,22,23,25). The van der Waals surface area contributed by atoms with Gasteiger partial charge in [0.05, 0.1) is 36.7 Å². The van der Waals surface area contributed by atoms with E-state index >= 15 is 0 Å². The van der Waals surface area contributed by atoms with Crippen LogP contribution in [0.25, 0.3) is 0 Å². The Labute approximate surface area is 160 Å². The number of hydrogen-bond acceptors (Lipinski definition) is 4. The van der Waals surface area contributed by atoms with E-state index in [0.29, 0.717) is 12.2 Å². The molecule has 2 amide bonds. The summed E-state index contributed by atoms with van der Waals surface area (Å²) < 4.78 is 13.1. The van der Waals surface area contributed by atoms with Gasteiger partial charge in [-0.1, -0.05) is 12.1 Å². The molecule has 1 aliphatic rings. The summed E-state index contributed by atoms with van der Waals surface area (Å²) in [4.78, 5) is 12.3. The molecule has 2 heterocycles. The first-order valence-corrected chi connectivity index (χ1v) is 9.48. The number of rotatable bonds is 7. The number of nitrogens with zero attached hydrogens (tertiary/aromatic N) is 2. The quantitative estimate of drug-likeness (QED) is 0.776. The predicted molar refractivity (Wildman–Crippen MR) is 104 cm³/mol. The number of urea groups is 1. The van der Waals surface area contributed by atoms with Crippen LogP contribution in [0.1, 0.15) is 45.2 Å². The van der Waals surface area contributed by atoms with Crippen LogP contribution in [0.3, 0.4) is 0 Å². The van der Waals surface area contributed by atoms with E-state index in [1.807, 2.05) is 55.9 Å². The van der Waals surface area contributed by atoms with E-state index in [2.05, 4.69) is 15.7 Å². The summed E-state index contributed by atoms with van der Waals surface area (Å²) in [6, 6.07) is 7.34. The van der Waals surface area contributed by atoms with E-state index in [1.54, 1.807) is 6.20 Å². The second-order valence-electron chi connectivity index (χ2n) is 7.15. The Balaban J connectivity index is 1.52.